The molecule has 1 aromatic heterocycles. The van der Waals surface area contributed by atoms with Crippen LogP contribution in [0.5, 0.6) is 0 Å². The van der Waals surface area contributed by atoms with E-state index in [0.29, 0.717) is 10.2 Å². The maximum atomic E-state index is 13.7. The number of hydrogen-bond donors (Lipinski definition) is 1. The van der Waals surface area contributed by atoms with Gasteiger partial charge in [0.2, 0.25) is 0 Å². The van der Waals surface area contributed by atoms with Crippen molar-refractivity contribution in [2.24, 2.45) is 0 Å². The molecule has 0 saturated heterocycles. The van der Waals surface area contributed by atoms with Gasteiger partial charge in [-0.25, -0.2) is 9.07 Å². The van der Waals surface area contributed by atoms with Gasteiger partial charge in [-0.1, -0.05) is 11.3 Å². The molecule has 2 aromatic rings. The van der Waals surface area contributed by atoms with Gasteiger partial charge in [0.05, 0.1) is 6.20 Å². The summed E-state index contributed by atoms with van der Waals surface area (Å²) in [5.41, 5.74) is -0.446. The summed E-state index contributed by atoms with van der Waals surface area (Å²) >= 11 is 3.25. The Bertz CT molecular complexity index is 528. The lowest BCUT2D eigenvalue weighted by molar-refractivity contribution is 0.0737. The van der Waals surface area contributed by atoms with Gasteiger partial charge in [0.1, 0.15) is 22.8 Å². The Hall–Kier alpha value is -1.27. The first kappa shape index (κ1) is 12.2. The first-order valence-corrected chi connectivity index (χ1v) is 5.78. The molecule has 2 rings (SSSR count). The summed E-state index contributed by atoms with van der Waals surface area (Å²) in [6.07, 6.45) is 1.50. The van der Waals surface area contributed by atoms with Crippen molar-refractivity contribution in [2.45, 2.75) is 19.4 Å². The molecule has 4 nitrogen and oxygen atoms in total. The molecule has 6 heteroatoms. The van der Waals surface area contributed by atoms with Gasteiger partial charge in [-0.05, 0) is 41.9 Å². The highest BCUT2D eigenvalue weighted by atomic mass is 79.9. The number of aromatic nitrogens is 3. The largest absolute Gasteiger partial charge is 0.384 e. The van der Waals surface area contributed by atoms with Gasteiger partial charge in [-0.15, -0.1) is 5.10 Å². The highest BCUT2D eigenvalue weighted by Gasteiger charge is 2.21. The lowest BCUT2D eigenvalue weighted by Gasteiger charge is -2.12. The summed E-state index contributed by atoms with van der Waals surface area (Å²) in [4.78, 5) is 0. The van der Waals surface area contributed by atoms with Crippen molar-refractivity contribution in [3.8, 4) is 5.69 Å². The molecule has 90 valence electrons. The molecule has 1 heterocycles. The summed E-state index contributed by atoms with van der Waals surface area (Å²) in [5, 5.41) is 17.4. The zero-order valence-electron chi connectivity index (χ0n) is 9.35. The number of halogens is 2. The molecule has 0 bridgehead atoms. The normalized spacial score (nSPS) is 11.8. The van der Waals surface area contributed by atoms with Crippen LogP contribution in [0.15, 0.2) is 28.9 Å². The predicted molar refractivity (Wildman–Crippen MR) is 64.3 cm³/mol. The monoisotopic (exact) mass is 299 g/mol. The van der Waals surface area contributed by atoms with Crippen molar-refractivity contribution in [2.75, 3.05) is 0 Å². The Morgan fingerprint density at radius 1 is 1.41 bits per heavy atom. The molecular formula is C11H11BrFN3O. The van der Waals surface area contributed by atoms with Crippen molar-refractivity contribution >= 4 is 15.9 Å². The van der Waals surface area contributed by atoms with Crippen LogP contribution in [0, 0.1) is 5.82 Å². The number of para-hydroxylation sites is 1. The highest BCUT2D eigenvalue weighted by Crippen LogP contribution is 2.24. The molecule has 0 aliphatic heterocycles. The molecular weight excluding hydrogens is 289 g/mol. The number of rotatable bonds is 2. The van der Waals surface area contributed by atoms with Crippen LogP contribution in [0.2, 0.25) is 0 Å². The maximum Gasteiger partial charge on any atom is 0.150 e. The maximum absolute atomic E-state index is 13.7. The summed E-state index contributed by atoms with van der Waals surface area (Å²) in [6, 6.07) is 4.64. The van der Waals surface area contributed by atoms with Crippen LogP contribution in [0.4, 0.5) is 4.39 Å². The van der Waals surface area contributed by atoms with Crippen molar-refractivity contribution in [3.05, 3.63) is 40.4 Å². The SMILES string of the molecule is CC(C)(O)c1cn(-c2c(F)cccc2Br)nn1. The van der Waals surface area contributed by atoms with E-state index in [0.717, 1.165) is 0 Å². The van der Waals surface area contributed by atoms with E-state index in [1.807, 2.05) is 0 Å². The van der Waals surface area contributed by atoms with Crippen molar-refractivity contribution in [1.82, 2.24) is 15.0 Å². The van der Waals surface area contributed by atoms with Crippen LogP contribution in [0.25, 0.3) is 5.69 Å². The second-order valence-electron chi connectivity index (χ2n) is 4.18. The van der Waals surface area contributed by atoms with E-state index in [9.17, 15) is 9.50 Å². The minimum absolute atomic E-state index is 0.274. The van der Waals surface area contributed by atoms with E-state index in [4.69, 9.17) is 0 Å². The van der Waals surface area contributed by atoms with Crippen LogP contribution in [-0.2, 0) is 5.60 Å². The summed E-state index contributed by atoms with van der Waals surface area (Å²) in [7, 11) is 0. The topological polar surface area (TPSA) is 50.9 Å². The van der Waals surface area contributed by atoms with Crippen LogP contribution < -0.4 is 0 Å². The Kier molecular flexibility index (Phi) is 3.01. The highest BCUT2D eigenvalue weighted by molar-refractivity contribution is 9.10. The molecule has 0 amide bonds. The molecule has 0 radical (unpaired) electrons. The van der Waals surface area contributed by atoms with Gasteiger partial charge >= 0.3 is 0 Å². The van der Waals surface area contributed by atoms with Crippen LogP contribution in [0.1, 0.15) is 19.5 Å². The fourth-order valence-corrected chi connectivity index (χ4v) is 1.88. The molecule has 17 heavy (non-hydrogen) atoms. The molecule has 1 N–H and O–H groups in total. The van der Waals surface area contributed by atoms with Gasteiger partial charge in [0.25, 0.3) is 0 Å². The Morgan fingerprint density at radius 3 is 2.65 bits per heavy atom. The minimum atomic E-state index is -1.10. The molecule has 0 atom stereocenters. The third-order valence-corrected chi connectivity index (χ3v) is 2.93. The molecule has 0 saturated carbocycles. The zero-order chi connectivity index (χ0) is 12.6. The lowest BCUT2D eigenvalue weighted by atomic mass is 10.1. The molecule has 0 spiro atoms. The van der Waals surface area contributed by atoms with Gasteiger partial charge in [0, 0.05) is 4.47 Å². The average molecular weight is 300 g/mol. The van der Waals surface area contributed by atoms with E-state index < -0.39 is 11.4 Å². The van der Waals surface area contributed by atoms with Crippen molar-refractivity contribution < 1.29 is 9.50 Å². The van der Waals surface area contributed by atoms with Crippen LogP contribution in [0.3, 0.4) is 0 Å². The quantitative estimate of drug-likeness (QED) is 0.926. The molecule has 0 unspecified atom stereocenters. The number of benzene rings is 1. The fraction of sp³-hybridized carbons (Fsp3) is 0.273. The molecule has 1 aromatic carbocycles. The van der Waals surface area contributed by atoms with Gasteiger partial charge in [0.15, 0.2) is 0 Å². The third kappa shape index (κ3) is 2.37. The van der Waals surface area contributed by atoms with E-state index in [1.54, 1.807) is 26.0 Å². The number of nitrogens with zero attached hydrogens (tertiary/aromatic N) is 3. The minimum Gasteiger partial charge on any atom is -0.384 e. The van der Waals surface area contributed by atoms with Crippen molar-refractivity contribution in [1.29, 1.82) is 0 Å². The molecule has 0 aliphatic rings. The van der Waals surface area contributed by atoms with Crippen LogP contribution in [-0.4, -0.2) is 20.1 Å². The first-order chi connectivity index (χ1) is 7.89. The average Bonchev–Trinajstić information content (AvgIpc) is 2.65. The zero-order valence-corrected chi connectivity index (χ0v) is 10.9. The van der Waals surface area contributed by atoms with Gasteiger partial charge < -0.3 is 5.11 Å². The second-order valence-corrected chi connectivity index (χ2v) is 5.03. The lowest BCUT2D eigenvalue weighted by Crippen LogP contribution is -2.15. The van der Waals surface area contributed by atoms with Gasteiger partial charge in [-0.3, -0.25) is 0 Å². The van der Waals surface area contributed by atoms with Gasteiger partial charge in [-0.2, -0.15) is 0 Å². The predicted octanol–water partition coefficient (Wildman–Crippen LogP) is 2.40. The van der Waals surface area contributed by atoms with E-state index in [-0.39, 0.29) is 5.69 Å². The summed E-state index contributed by atoms with van der Waals surface area (Å²) in [6.45, 7) is 3.19. The first-order valence-electron chi connectivity index (χ1n) is 4.99. The van der Waals surface area contributed by atoms with Crippen LogP contribution >= 0.6 is 15.9 Å². The molecule has 0 aliphatic carbocycles. The number of aliphatic hydroxyl groups is 1. The Labute approximate surface area is 106 Å². The molecule has 0 fully saturated rings. The van der Waals surface area contributed by atoms with Crippen molar-refractivity contribution in [3.63, 3.8) is 0 Å². The standard InChI is InChI=1S/C11H11BrFN3O/c1-11(2,17)9-6-16(15-14-9)10-7(12)4-3-5-8(10)13/h3-6,17H,1-2H3. The fourth-order valence-electron chi connectivity index (χ4n) is 1.36. The third-order valence-electron chi connectivity index (χ3n) is 2.29. The van der Waals surface area contributed by atoms with E-state index in [1.165, 1.54) is 16.9 Å². The second kappa shape index (κ2) is 4.19. The smallest absolute Gasteiger partial charge is 0.150 e. The Balaban J connectivity index is 2.51. The van der Waals surface area contributed by atoms with E-state index >= 15 is 0 Å². The Morgan fingerprint density at radius 2 is 2.12 bits per heavy atom. The number of hydrogen-bond acceptors (Lipinski definition) is 3. The van der Waals surface area contributed by atoms with E-state index in [2.05, 4.69) is 26.2 Å². The summed E-state index contributed by atoms with van der Waals surface area (Å²) < 4.78 is 15.5. The summed E-state index contributed by atoms with van der Waals surface area (Å²) in [5.74, 6) is -0.411.